The first-order valence-electron chi connectivity index (χ1n) is 7.81. The van der Waals surface area contributed by atoms with Gasteiger partial charge in [0.25, 0.3) is 0 Å². The van der Waals surface area contributed by atoms with E-state index >= 15 is 0 Å². The summed E-state index contributed by atoms with van der Waals surface area (Å²) in [6, 6.07) is 1.30. The standard InChI is InChI=1S/C15H22O2Si/c1-18(2,3)5-14-10-6-4-7-9-8(6)12(14)13(9)15(16,17-14)11(7)10/h6-13,16H,4-5H2,1-3H3/t6-,7-,8+,9+,10-,11+,12-,13+,14-,15-/m0/s1. The largest absolute Gasteiger partial charge is 0.365 e. The van der Waals surface area contributed by atoms with Gasteiger partial charge >= 0.3 is 0 Å². The molecule has 0 spiro atoms. The van der Waals surface area contributed by atoms with Crippen molar-refractivity contribution in [1.82, 2.24) is 0 Å². The van der Waals surface area contributed by atoms with Crippen LogP contribution in [0.3, 0.4) is 0 Å². The van der Waals surface area contributed by atoms with E-state index in [9.17, 15) is 5.11 Å². The molecule has 2 nitrogen and oxygen atoms in total. The second-order valence-corrected chi connectivity index (χ2v) is 14.8. The van der Waals surface area contributed by atoms with Crippen LogP contribution in [-0.4, -0.2) is 24.6 Å². The van der Waals surface area contributed by atoms with Crippen molar-refractivity contribution >= 4 is 8.07 Å². The van der Waals surface area contributed by atoms with Gasteiger partial charge in [0.05, 0.1) is 5.60 Å². The van der Waals surface area contributed by atoms with E-state index in [4.69, 9.17) is 4.74 Å². The summed E-state index contributed by atoms with van der Waals surface area (Å²) in [4.78, 5) is 0. The van der Waals surface area contributed by atoms with Gasteiger partial charge in [0.1, 0.15) is 0 Å². The van der Waals surface area contributed by atoms with Gasteiger partial charge in [-0.3, -0.25) is 0 Å². The van der Waals surface area contributed by atoms with Crippen LogP contribution in [0.5, 0.6) is 0 Å². The Balaban J connectivity index is 1.59. The zero-order valence-electron chi connectivity index (χ0n) is 11.4. The Bertz CT molecular complexity index is 495. The maximum absolute atomic E-state index is 11.1. The van der Waals surface area contributed by atoms with Gasteiger partial charge in [0.15, 0.2) is 5.79 Å². The van der Waals surface area contributed by atoms with Crippen LogP contribution >= 0.6 is 0 Å². The molecule has 0 aromatic heterocycles. The lowest BCUT2D eigenvalue weighted by molar-refractivity contribution is -0.208. The second kappa shape index (κ2) is 2.19. The van der Waals surface area contributed by atoms with Crippen LogP contribution in [0.1, 0.15) is 6.42 Å². The Hall–Kier alpha value is 0.137. The predicted octanol–water partition coefficient (Wildman–Crippen LogP) is 2.17. The van der Waals surface area contributed by atoms with Gasteiger partial charge in [-0.05, 0) is 48.0 Å². The molecule has 0 radical (unpaired) electrons. The Labute approximate surface area is 109 Å². The Morgan fingerprint density at radius 1 is 1.06 bits per heavy atom. The average molecular weight is 262 g/mol. The van der Waals surface area contributed by atoms with Crippen LogP contribution in [-0.2, 0) is 4.74 Å². The Kier molecular flexibility index (Phi) is 1.21. The SMILES string of the molecule is C[Si](C)(C)C[C@@]12O[C@@]3(O)[C@@H]4[C@H]5C[C@@H]([C@@H]6[C@@H]5[C@@H]3[C@H]61)[C@@H]42. The van der Waals surface area contributed by atoms with Crippen molar-refractivity contribution in [2.75, 3.05) is 0 Å². The fraction of sp³-hybridized carbons (Fsp3) is 1.00. The Morgan fingerprint density at radius 3 is 2.44 bits per heavy atom. The number of rotatable bonds is 2. The van der Waals surface area contributed by atoms with E-state index in [1.165, 1.54) is 12.5 Å². The summed E-state index contributed by atoms with van der Waals surface area (Å²) < 4.78 is 6.51. The minimum absolute atomic E-state index is 0.144. The Morgan fingerprint density at radius 2 is 1.72 bits per heavy atom. The maximum Gasteiger partial charge on any atom is 0.173 e. The van der Waals surface area contributed by atoms with Crippen molar-refractivity contribution in [3.05, 3.63) is 0 Å². The van der Waals surface area contributed by atoms with Crippen molar-refractivity contribution in [3.8, 4) is 0 Å². The van der Waals surface area contributed by atoms with E-state index in [0.29, 0.717) is 11.8 Å². The second-order valence-electron chi connectivity index (χ2n) is 9.37. The van der Waals surface area contributed by atoms with E-state index in [0.717, 1.165) is 35.5 Å². The zero-order valence-corrected chi connectivity index (χ0v) is 12.4. The van der Waals surface area contributed by atoms with E-state index < -0.39 is 13.9 Å². The minimum atomic E-state index is -1.13. The molecular weight excluding hydrogens is 240 g/mol. The summed E-state index contributed by atoms with van der Waals surface area (Å²) in [6.45, 7) is 7.42. The quantitative estimate of drug-likeness (QED) is 0.773. The third kappa shape index (κ3) is 0.638. The molecule has 2 saturated heterocycles. The highest BCUT2D eigenvalue weighted by atomic mass is 28.3. The third-order valence-corrected chi connectivity index (χ3v) is 9.36. The first-order valence-corrected chi connectivity index (χ1v) is 11.5. The number of aliphatic hydroxyl groups is 1. The van der Waals surface area contributed by atoms with E-state index in [2.05, 4.69) is 19.6 Å². The molecule has 7 rings (SSSR count). The molecule has 0 aromatic rings. The smallest absolute Gasteiger partial charge is 0.173 e. The molecule has 0 amide bonds. The molecular formula is C15H22O2Si. The molecule has 2 aliphatic heterocycles. The first kappa shape index (κ1) is 9.95. The van der Waals surface area contributed by atoms with Crippen molar-refractivity contribution in [1.29, 1.82) is 0 Å². The summed E-state index contributed by atoms with van der Waals surface area (Å²) in [7, 11) is -1.13. The topological polar surface area (TPSA) is 29.5 Å². The molecule has 7 fully saturated rings. The van der Waals surface area contributed by atoms with Crippen molar-refractivity contribution < 1.29 is 9.84 Å². The first-order chi connectivity index (χ1) is 8.39. The molecule has 0 aromatic carbocycles. The van der Waals surface area contributed by atoms with Gasteiger partial charge in [-0.2, -0.15) is 0 Å². The molecule has 5 saturated carbocycles. The fourth-order valence-corrected chi connectivity index (χ4v) is 10.6. The van der Waals surface area contributed by atoms with Crippen LogP contribution < -0.4 is 0 Å². The van der Waals surface area contributed by atoms with Crippen LogP contribution in [0.25, 0.3) is 0 Å². The van der Waals surface area contributed by atoms with E-state index in [1.54, 1.807) is 0 Å². The average Bonchev–Trinajstić information content (AvgIpc) is 2.73. The van der Waals surface area contributed by atoms with Crippen LogP contribution in [0.4, 0.5) is 0 Å². The van der Waals surface area contributed by atoms with Crippen LogP contribution in [0.15, 0.2) is 0 Å². The highest BCUT2D eigenvalue weighted by Crippen LogP contribution is 2.93. The van der Waals surface area contributed by atoms with Crippen molar-refractivity contribution in [3.63, 3.8) is 0 Å². The lowest BCUT2D eigenvalue weighted by Crippen LogP contribution is -2.53. The van der Waals surface area contributed by atoms with Gasteiger partial charge in [-0.1, -0.05) is 19.6 Å². The molecule has 10 atom stereocenters. The van der Waals surface area contributed by atoms with E-state index in [1.807, 2.05) is 0 Å². The number of ether oxygens (including phenoxy) is 1. The highest BCUT2D eigenvalue weighted by Gasteiger charge is 2.97. The van der Waals surface area contributed by atoms with Gasteiger partial charge in [-0.15, -0.1) is 0 Å². The molecule has 18 heavy (non-hydrogen) atoms. The number of hydrogen-bond donors (Lipinski definition) is 1. The molecule has 5 aliphatic carbocycles. The summed E-state index contributed by atoms with van der Waals surface area (Å²) in [5.41, 5.74) is 0.144. The van der Waals surface area contributed by atoms with Crippen LogP contribution in [0, 0.1) is 47.3 Å². The fourth-order valence-electron chi connectivity index (χ4n) is 8.36. The van der Waals surface area contributed by atoms with Gasteiger partial charge in [0.2, 0.25) is 0 Å². The minimum Gasteiger partial charge on any atom is -0.365 e. The van der Waals surface area contributed by atoms with E-state index in [-0.39, 0.29) is 5.60 Å². The highest BCUT2D eigenvalue weighted by molar-refractivity contribution is 6.76. The monoisotopic (exact) mass is 262 g/mol. The molecule has 0 unspecified atom stereocenters. The van der Waals surface area contributed by atoms with Gasteiger partial charge in [-0.25, -0.2) is 0 Å². The predicted molar refractivity (Wildman–Crippen MR) is 69.5 cm³/mol. The van der Waals surface area contributed by atoms with Gasteiger partial charge in [0, 0.05) is 19.9 Å². The normalized spacial score (nSPS) is 76.0. The summed E-state index contributed by atoms with van der Waals surface area (Å²) in [5.74, 6) is 5.59. The third-order valence-electron chi connectivity index (χ3n) is 7.75. The molecule has 3 heteroatoms. The molecule has 98 valence electrons. The number of hydrogen-bond acceptors (Lipinski definition) is 2. The molecule has 1 N–H and O–H groups in total. The lowest BCUT2D eigenvalue weighted by Gasteiger charge is -2.47. The molecule has 4 bridgehead atoms. The van der Waals surface area contributed by atoms with Gasteiger partial charge < -0.3 is 9.84 Å². The lowest BCUT2D eigenvalue weighted by atomic mass is 9.57. The molecule has 2 heterocycles. The van der Waals surface area contributed by atoms with Crippen molar-refractivity contribution in [2.24, 2.45) is 47.3 Å². The summed E-state index contributed by atoms with van der Waals surface area (Å²) in [6.07, 6.45) is 1.44. The summed E-state index contributed by atoms with van der Waals surface area (Å²) >= 11 is 0. The zero-order chi connectivity index (χ0) is 12.2. The van der Waals surface area contributed by atoms with Crippen LogP contribution in [0.2, 0.25) is 25.7 Å². The summed E-state index contributed by atoms with van der Waals surface area (Å²) in [5, 5.41) is 11.1. The molecule has 7 aliphatic rings. The maximum atomic E-state index is 11.1. The van der Waals surface area contributed by atoms with Crippen molar-refractivity contribution in [2.45, 2.75) is 43.5 Å².